The highest BCUT2D eigenvalue weighted by Gasteiger charge is 2.28. The lowest BCUT2D eigenvalue weighted by Gasteiger charge is -2.35. The average Bonchev–Trinajstić information content (AvgIpc) is 2.53. The smallest absolute Gasteiger partial charge is 0.0522 e. The third-order valence-electron chi connectivity index (χ3n) is 2.78. The molecule has 13 heavy (non-hydrogen) atoms. The minimum Gasteiger partial charge on any atom is -0.316 e. The Morgan fingerprint density at radius 3 is 3.00 bits per heavy atom. The first-order chi connectivity index (χ1) is 6.17. The van der Waals surface area contributed by atoms with E-state index in [9.17, 15) is 0 Å². The number of piperidine rings is 1. The highest BCUT2D eigenvalue weighted by Crippen LogP contribution is 2.33. The molecular formula is C10H17N3. The molecule has 1 fully saturated rings. The molecule has 0 amide bonds. The first-order valence-electron chi connectivity index (χ1n) is 4.87. The second-order valence-corrected chi connectivity index (χ2v) is 4.73. The molecule has 72 valence electrons. The second kappa shape index (κ2) is 3.14. The second-order valence-electron chi connectivity index (χ2n) is 4.73. The van der Waals surface area contributed by atoms with Crippen molar-refractivity contribution in [2.45, 2.75) is 26.2 Å². The van der Waals surface area contributed by atoms with Crippen molar-refractivity contribution in [3.63, 3.8) is 0 Å². The molecule has 1 atom stereocenters. The third-order valence-corrected chi connectivity index (χ3v) is 2.78. The summed E-state index contributed by atoms with van der Waals surface area (Å²) in [5, 5.41) is 10.3. The van der Waals surface area contributed by atoms with Crippen LogP contribution in [-0.4, -0.2) is 23.3 Å². The van der Waals surface area contributed by atoms with Crippen molar-refractivity contribution < 1.29 is 0 Å². The van der Waals surface area contributed by atoms with E-state index < -0.39 is 0 Å². The quantitative estimate of drug-likeness (QED) is 0.686. The van der Waals surface area contributed by atoms with Crippen LogP contribution in [0.2, 0.25) is 0 Å². The molecule has 0 radical (unpaired) electrons. The maximum Gasteiger partial charge on any atom is 0.0522 e. The largest absolute Gasteiger partial charge is 0.316 e. The SMILES string of the molecule is CC1(C)CNCC(c2cn[nH]c2)C1. The van der Waals surface area contributed by atoms with Gasteiger partial charge in [0.25, 0.3) is 0 Å². The molecule has 0 aromatic carbocycles. The molecule has 1 aliphatic heterocycles. The number of aromatic nitrogens is 2. The fraction of sp³-hybridized carbons (Fsp3) is 0.700. The Hall–Kier alpha value is -0.830. The zero-order valence-electron chi connectivity index (χ0n) is 8.30. The van der Waals surface area contributed by atoms with Gasteiger partial charge in [0.2, 0.25) is 0 Å². The molecule has 2 rings (SSSR count). The summed E-state index contributed by atoms with van der Waals surface area (Å²) in [4.78, 5) is 0. The van der Waals surface area contributed by atoms with Crippen LogP contribution in [0.4, 0.5) is 0 Å². The van der Waals surface area contributed by atoms with E-state index in [2.05, 4.69) is 29.4 Å². The van der Waals surface area contributed by atoms with E-state index in [1.165, 1.54) is 12.0 Å². The highest BCUT2D eigenvalue weighted by molar-refractivity contribution is 5.13. The topological polar surface area (TPSA) is 40.7 Å². The molecular weight excluding hydrogens is 162 g/mol. The third kappa shape index (κ3) is 1.91. The van der Waals surface area contributed by atoms with Gasteiger partial charge in [-0.25, -0.2) is 0 Å². The van der Waals surface area contributed by atoms with Crippen LogP contribution in [0.1, 0.15) is 31.7 Å². The lowest BCUT2D eigenvalue weighted by Crippen LogP contribution is -2.40. The first-order valence-corrected chi connectivity index (χ1v) is 4.87. The molecule has 1 unspecified atom stereocenters. The highest BCUT2D eigenvalue weighted by atomic mass is 15.1. The summed E-state index contributed by atoms with van der Waals surface area (Å²) in [6, 6.07) is 0. The number of hydrogen-bond acceptors (Lipinski definition) is 2. The van der Waals surface area contributed by atoms with Crippen molar-refractivity contribution in [3.05, 3.63) is 18.0 Å². The maximum atomic E-state index is 3.99. The van der Waals surface area contributed by atoms with E-state index in [1.54, 1.807) is 0 Å². The molecule has 0 bridgehead atoms. The Bertz CT molecular complexity index is 264. The van der Waals surface area contributed by atoms with Crippen LogP contribution in [-0.2, 0) is 0 Å². The molecule has 0 saturated carbocycles. The van der Waals surface area contributed by atoms with E-state index in [4.69, 9.17) is 0 Å². The zero-order chi connectivity index (χ0) is 9.31. The maximum absolute atomic E-state index is 3.99. The number of rotatable bonds is 1. The summed E-state index contributed by atoms with van der Waals surface area (Å²) >= 11 is 0. The van der Waals surface area contributed by atoms with Gasteiger partial charge in [-0.1, -0.05) is 13.8 Å². The molecule has 1 aromatic heterocycles. The Morgan fingerprint density at radius 1 is 1.54 bits per heavy atom. The van der Waals surface area contributed by atoms with Gasteiger partial charge in [0.1, 0.15) is 0 Å². The number of aromatic amines is 1. The standard InChI is InChI=1S/C10H17N3/c1-10(2)3-8(4-11-7-10)9-5-12-13-6-9/h5-6,8,11H,3-4,7H2,1-2H3,(H,12,13). The van der Waals surface area contributed by atoms with Crippen molar-refractivity contribution in [3.8, 4) is 0 Å². The Labute approximate surface area is 78.9 Å². The van der Waals surface area contributed by atoms with Crippen LogP contribution in [0.25, 0.3) is 0 Å². The van der Waals surface area contributed by atoms with Gasteiger partial charge >= 0.3 is 0 Å². The van der Waals surface area contributed by atoms with Gasteiger partial charge in [0.15, 0.2) is 0 Å². The van der Waals surface area contributed by atoms with Crippen LogP contribution in [0.15, 0.2) is 12.4 Å². The Kier molecular flexibility index (Phi) is 2.12. The van der Waals surface area contributed by atoms with Gasteiger partial charge < -0.3 is 5.32 Å². The summed E-state index contributed by atoms with van der Waals surface area (Å²) < 4.78 is 0. The molecule has 3 nitrogen and oxygen atoms in total. The van der Waals surface area contributed by atoms with Crippen molar-refractivity contribution in [2.75, 3.05) is 13.1 Å². The lowest BCUT2D eigenvalue weighted by atomic mass is 9.78. The summed E-state index contributed by atoms with van der Waals surface area (Å²) in [5.41, 5.74) is 1.75. The van der Waals surface area contributed by atoms with Crippen LogP contribution < -0.4 is 5.32 Å². The van der Waals surface area contributed by atoms with Gasteiger partial charge in [0.05, 0.1) is 6.20 Å². The predicted octanol–water partition coefficient (Wildman–Crippen LogP) is 1.51. The number of hydrogen-bond donors (Lipinski definition) is 2. The number of H-pyrrole nitrogens is 1. The van der Waals surface area contributed by atoms with E-state index in [0.717, 1.165) is 13.1 Å². The number of nitrogens with zero attached hydrogens (tertiary/aromatic N) is 1. The zero-order valence-corrected chi connectivity index (χ0v) is 8.30. The number of nitrogens with one attached hydrogen (secondary N) is 2. The minimum absolute atomic E-state index is 0.417. The van der Waals surface area contributed by atoms with Gasteiger partial charge in [-0.3, -0.25) is 5.10 Å². The summed E-state index contributed by atoms with van der Waals surface area (Å²) in [7, 11) is 0. The summed E-state index contributed by atoms with van der Waals surface area (Å²) in [5.74, 6) is 0.627. The minimum atomic E-state index is 0.417. The molecule has 2 N–H and O–H groups in total. The van der Waals surface area contributed by atoms with Gasteiger partial charge in [-0.15, -0.1) is 0 Å². The first kappa shape index (κ1) is 8.75. The predicted molar refractivity (Wildman–Crippen MR) is 52.6 cm³/mol. The molecule has 0 spiro atoms. The van der Waals surface area contributed by atoms with Crippen molar-refractivity contribution in [1.82, 2.24) is 15.5 Å². The fourth-order valence-electron chi connectivity index (χ4n) is 2.12. The van der Waals surface area contributed by atoms with Crippen LogP contribution in [0.5, 0.6) is 0 Å². The Morgan fingerprint density at radius 2 is 2.38 bits per heavy atom. The van der Waals surface area contributed by atoms with Gasteiger partial charge in [0, 0.05) is 19.3 Å². The van der Waals surface area contributed by atoms with E-state index in [-0.39, 0.29) is 0 Å². The molecule has 1 aliphatic rings. The molecule has 2 heterocycles. The summed E-state index contributed by atoms with van der Waals surface area (Å²) in [6.07, 6.45) is 5.20. The molecule has 0 aliphatic carbocycles. The summed E-state index contributed by atoms with van der Waals surface area (Å²) in [6.45, 7) is 6.84. The van der Waals surface area contributed by atoms with E-state index >= 15 is 0 Å². The van der Waals surface area contributed by atoms with Crippen LogP contribution >= 0.6 is 0 Å². The van der Waals surface area contributed by atoms with Gasteiger partial charge in [-0.2, -0.15) is 5.10 Å². The molecule has 3 heteroatoms. The van der Waals surface area contributed by atoms with Crippen molar-refractivity contribution in [2.24, 2.45) is 5.41 Å². The molecule has 1 aromatic rings. The van der Waals surface area contributed by atoms with Crippen molar-refractivity contribution in [1.29, 1.82) is 0 Å². The van der Waals surface area contributed by atoms with E-state index in [0.29, 0.717) is 11.3 Å². The normalized spacial score (nSPS) is 27.4. The monoisotopic (exact) mass is 179 g/mol. The lowest BCUT2D eigenvalue weighted by molar-refractivity contribution is 0.240. The van der Waals surface area contributed by atoms with Gasteiger partial charge in [-0.05, 0) is 23.3 Å². The molecule has 1 saturated heterocycles. The average molecular weight is 179 g/mol. The Balaban J connectivity index is 2.09. The van der Waals surface area contributed by atoms with Crippen LogP contribution in [0.3, 0.4) is 0 Å². The van der Waals surface area contributed by atoms with Crippen LogP contribution in [0, 0.1) is 5.41 Å². The fourth-order valence-corrected chi connectivity index (χ4v) is 2.12. The van der Waals surface area contributed by atoms with E-state index in [1.807, 2.05) is 12.4 Å². The van der Waals surface area contributed by atoms with Crippen molar-refractivity contribution >= 4 is 0 Å².